The van der Waals surface area contributed by atoms with Crippen molar-refractivity contribution < 1.29 is 13.9 Å². The fourth-order valence-electron chi connectivity index (χ4n) is 1.26. The molecule has 0 aliphatic carbocycles. The number of aliphatic hydroxyl groups excluding tert-OH is 1. The highest BCUT2D eigenvalue weighted by Gasteiger charge is 2.17. The molecule has 1 aromatic carbocycles. The van der Waals surface area contributed by atoms with Crippen molar-refractivity contribution in [3.8, 4) is 0 Å². The van der Waals surface area contributed by atoms with Gasteiger partial charge in [-0.2, -0.15) is 0 Å². The maximum atomic E-state index is 12.9. The van der Waals surface area contributed by atoms with Crippen LogP contribution in [0.2, 0.25) is 0 Å². The Morgan fingerprint density at radius 2 is 1.79 bits per heavy atom. The molecule has 0 bridgehead atoms. The summed E-state index contributed by atoms with van der Waals surface area (Å²) in [4.78, 5) is 0. The number of rotatable bonds is 2. The second-order valence-corrected chi connectivity index (χ2v) is 3.43. The number of aliphatic hydroxyl groups is 1. The van der Waals surface area contributed by atoms with Crippen molar-refractivity contribution in [1.29, 1.82) is 0 Å². The van der Waals surface area contributed by atoms with E-state index in [1.54, 1.807) is 13.8 Å². The molecule has 0 aliphatic heterocycles. The lowest BCUT2D eigenvalue weighted by Gasteiger charge is -2.17. The molecule has 0 spiro atoms. The summed E-state index contributed by atoms with van der Waals surface area (Å²) in [6.07, 6.45) is -0.968. The Labute approximate surface area is 81.4 Å². The second kappa shape index (κ2) is 4.02. The van der Waals surface area contributed by atoms with Crippen LogP contribution in [0.3, 0.4) is 0 Å². The van der Waals surface area contributed by atoms with Crippen LogP contribution >= 0.6 is 0 Å². The minimum absolute atomic E-state index is 0.332. The van der Waals surface area contributed by atoms with E-state index in [-0.39, 0.29) is 0 Å². The standard InChI is InChI=1S/C10H13F2NO/c1-5-3-8(11)9(12)4-7(5)10(14)6(2)13/h3-4,6,10,14H,13H2,1-2H3/t6-,10-/m1/s1. The van der Waals surface area contributed by atoms with E-state index < -0.39 is 23.8 Å². The molecule has 3 N–H and O–H groups in total. The Morgan fingerprint density at radius 1 is 1.29 bits per heavy atom. The van der Waals surface area contributed by atoms with E-state index in [1.807, 2.05) is 0 Å². The summed E-state index contributed by atoms with van der Waals surface area (Å²) in [6.45, 7) is 3.20. The minimum Gasteiger partial charge on any atom is -0.387 e. The van der Waals surface area contributed by atoms with Crippen molar-refractivity contribution in [1.82, 2.24) is 0 Å². The van der Waals surface area contributed by atoms with Crippen LogP contribution in [0.15, 0.2) is 12.1 Å². The quantitative estimate of drug-likeness (QED) is 0.764. The number of nitrogens with two attached hydrogens (primary N) is 1. The average molecular weight is 201 g/mol. The topological polar surface area (TPSA) is 46.2 Å². The first-order valence-corrected chi connectivity index (χ1v) is 4.32. The normalized spacial score (nSPS) is 15.3. The third-order valence-electron chi connectivity index (χ3n) is 2.13. The molecule has 1 aromatic rings. The Kier molecular flexibility index (Phi) is 3.18. The first-order valence-electron chi connectivity index (χ1n) is 4.32. The van der Waals surface area contributed by atoms with Crippen molar-refractivity contribution >= 4 is 0 Å². The molecular weight excluding hydrogens is 188 g/mol. The highest BCUT2D eigenvalue weighted by atomic mass is 19.2. The summed E-state index contributed by atoms with van der Waals surface area (Å²) in [6, 6.07) is 1.52. The first-order chi connectivity index (χ1) is 6.43. The molecule has 0 heterocycles. The van der Waals surface area contributed by atoms with Gasteiger partial charge in [0.05, 0.1) is 6.10 Å². The third kappa shape index (κ3) is 2.08. The summed E-state index contributed by atoms with van der Waals surface area (Å²) in [5, 5.41) is 9.58. The van der Waals surface area contributed by atoms with Gasteiger partial charge in [0.1, 0.15) is 0 Å². The molecule has 0 radical (unpaired) electrons. The summed E-state index contributed by atoms with van der Waals surface area (Å²) < 4.78 is 25.6. The molecule has 2 atom stereocenters. The first kappa shape index (κ1) is 11.1. The second-order valence-electron chi connectivity index (χ2n) is 3.43. The maximum Gasteiger partial charge on any atom is 0.159 e. The van der Waals surface area contributed by atoms with E-state index in [9.17, 15) is 13.9 Å². The fourth-order valence-corrected chi connectivity index (χ4v) is 1.26. The average Bonchev–Trinajstić information content (AvgIpc) is 2.10. The number of halogens is 2. The lowest BCUT2D eigenvalue weighted by Crippen LogP contribution is -2.25. The zero-order chi connectivity index (χ0) is 10.9. The largest absolute Gasteiger partial charge is 0.387 e. The number of hydrogen-bond acceptors (Lipinski definition) is 2. The summed E-state index contributed by atoms with van der Waals surface area (Å²) in [7, 11) is 0. The van der Waals surface area contributed by atoms with E-state index in [0.717, 1.165) is 12.1 Å². The minimum atomic E-state index is -0.968. The predicted molar refractivity (Wildman–Crippen MR) is 49.7 cm³/mol. The van der Waals surface area contributed by atoms with Gasteiger partial charge in [-0.25, -0.2) is 8.78 Å². The van der Waals surface area contributed by atoms with Gasteiger partial charge in [0.15, 0.2) is 11.6 Å². The zero-order valence-electron chi connectivity index (χ0n) is 8.09. The summed E-state index contributed by atoms with van der Waals surface area (Å²) in [5.74, 6) is -1.88. The fraction of sp³-hybridized carbons (Fsp3) is 0.400. The monoisotopic (exact) mass is 201 g/mol. The van der Waals surface area contributed by atoms with Crippen molar-refractivity contribution in [3.63, 3.8) is 0 Å². The van der Waals surface area contributed by atoms with Gasteiger partial charge < -0.3 is 10.8 Å². The van der Waals surface area contributed by atoms with Crippen LogP contribution in [-0.2, 0) is 0 Å². The van der Waals surface area contributed by atoms with Gasteiger partial charge in [-0.15, -0.1) is 0 Å². The van der Waals surface area contributed by atoms with Gasteiger partial charge in [0, 0.05) is 6.04 Å². The highest BCUT2D eigenvalue weighted by Crippen LogP contribution is 2.22. The smallest absolute Gasteiger partial charge is 0.159 e. The molecule has 78 valence electrons. The van der Waals surface area contributed by atoms with Crippen LogP contribution in [-0.4, -0.2) is 11.1 Å². The van der Waals surface area contributed by atoms with Gasteiger partial charge >= 0.3 is 0 Å². The van der Waals surface area contributed by atoms with E-state index in [1.165, 1.54) is 0 Å². The molecule has 2 nitrogen and oxygen atoms in total. The van der Waals surface area contributed by atoms with Gasteiger partial charge in [-0.1, -0.05) is 0 Å². The van der Waals surface area contributed by atoms with Crippen LogP contribution < -0.4 is 5.73 Å². The van der Waals surface area contributed by atoms with E-state index in [2.05, 4.69) is 0 Å². The molecule has 14 heavy (non-hydrogen) atoms. The van der Waals surface area contributed by atoms with Gasteiger partial charge in [-0.3, -0.25) is 0 Å². The van der Waals surface area contributed by atoms with E-state index >= 15 is 0 Å². The Balaban J connectivity index is 3.15. The van der Waals surface area contributed by atoms with Crippen molar-refractivity contribution in [2.75, 3.05) is 0 Å². The summed E-state index contributed by atoms with van der Waals surface area (Å²) >= 11 is 0. The van der Waals surface area contributed by atoms with Crippen LogP contribution in [0.5, 0.6) is 0 Å². The van der Waals surface area contributed by atoms with E-state index in [0.29, 0.717) is 11.1 Å². The Bertz CT molecular complexity index is 339. The SMILES string of the molecule is Cc1cc(F)c(F)cc1[C@H](O)[C@@H](C)N. The van der Waals surface area contributed by atoms with Gasteiger partial charge in [-0.05, 0) is 37.1 Å². The highest BCUT2D eigenvalue weighted by molar-refractivity contribution is 5.30. The van der Waals surface area contributed by atoms with Gasteiger partial charge in [0.25, 0.3) is 0 Å². The Morgan fingerprint density at radius 3 is 2.29 bits per heavy atom. The summed E-state index contributed by atoms with van der Waals surface area (Å²) in [5.41, 5.74) is 6.29. The van der Waals surface area contributed by atoms with E-state index in [4.69, 9.17) is 5.73 Å². The van der Waals surface area contributed by atoms with Gasteiger partial charge in [0.2, 0.25) is 0 Å². The molecule has 0 aliphatic rings. The molecular formula is C10H13F2NO. The number of aryl methyl sites for hydroxylation is 1. The van der Waals surface area contributed by atoms with Crippen molar-refractivity contribution in [2.24, 2.45) is 5.73 Å². The number of hydrogen-bond donors (Lipinski definition) is 2. The number of benzene rings is 1. The third-order valence-corrected chi connectivity index (χ3v) is 2.13. The Hall–Kier alpha value is -1.00. The van der Waals surface area contributed by atoms with Crippen LogP contribution in [0.1, 0.15) is 24.2 Å². The lowest BCUT2D eigenvalue weighted by molar-refractivity contribution is 0.152. The molecule has 1 rings (SSSR count). The molecule has 0 amide bonds. The molecule has 0 fully saturated rings. The van der Waals surface area contributed by atoms with Crippen LogP contribution in [0, 0.1) is 18.6 Å². The molecule has 0 aromatic heterocycles. The van der Waals surface area contributed by atoms with Crippen molar-refractivity contribution in [3.05, 3.63) is 34.9 Å². The molecule has 0 saturated heterocycles. The predicted octanol–water partition coefficient (Wildman–Crippen LogP) is 1.65. The molecule has 0 unspecified atom stereocenters. The lowest BCUT2D eigenvalue weighted by atomic mass is 9.99. The van der Waals surface area contributed by atoms with Crippen LogP contribution in [0.4, 0.5) is 8.78 Å². The zero-order valence-corrected chi connectivity index (χ0v) is 8.09. The van der Waals surface area contributed by atoms with Crippen molar-refractivity contribution in [2.45, 2.75) is 26.0 Å². The van der Waals surface area contributed by atoms with Crippen LogP contribution in [0.25, 0.3) is 0 Å². The molecule has 4 heteroatoms. The maximum absolute atomic E-state index is 12.9. The molecule has 0 saturated carbocycles.